The molecule has 6 heteroatoms. The first-order chi connectivity index (χ1) is 10.3. The van der Waals surface area contributed by atoms with Crippen molar-refractivity contribution in [2.45, 2.75) is 6.92 Å². The molecule has 21 heavy (non-hydrogen) atoms. The first kappa shape index (κ1) is 11.8. The highest BCUT2D eigenvalue weighted by atomic mass is 15.2. The summed E-state index contributed by atoms with van der Waals surface area (Å²) in [6.45, 7) is 2.02. The fraction of sp³-hybridized carbons (Fsp3) is 0.0667. The summed E-state index contributed by atoms with van der Waals surface area (Å²) in [5.41, 5.74) is 4.87. The Bertz CT molecular complexity index is 906. The van der Waals surface area contributed by atoms with Crippen molar-refractivity contribution in [2.75, 3.05) is 0 Å². The van der Waals surface area contributed by atoms with Crippen LogP contribution < -0.4 is 0 Å². The largest absolute Gasteiger partial charge is 0.348 e. The molecule has 0 radical (unpaired) electrons. The van der Waals surface area contributed by atoms with Gasteiger partial charge in [-0.15, -0.1) is 0 Å². The number of H-pyrrole nitrogens is 2. The summed E-state index contributed by atoms with van der Waals surface area (Å²) in [7, 11) is 0. The first-order valence-electron chi connectivity index (χ1n) is 6.69. The van der Waals surface area contributed by atoms with Gasteiger partial charge >= 0.3 is 0 Å². The number of hydrogen-bond donors (Lipinski definition) is 2. The van der Waals surface area contributed by atoms with Crippen LogP contribution in [0.2, 0.25) is 0 Å². The molecule has 0 unspecified atom stereocenters. The van der Waals surface area contributed by atoms with E-state index in [9.17, 15) is 0 Å². The van der Waals surface area contributed by atoms with Crippen molar-refractivity contribution in [2.24, 2.45) is 0 Å². The summed E-state index contributed by atoms with van der Waals surface area (Å²) in [5.74, 6) is 0. The zero-order chi connectivity index (χ0) is 14.2. The Balaban J connectivity index is 2.13. The predicted molar refractivity (Wildman–Crippen MR) is 80.0 cm³/mol. The van der Waals surface area contributed by atoms with Gasteiger partial charge in [0.15, 0.2) is 0 Å². The molecule has 0 saturated carbocycles. The minimum absolute atomic E-state index is 0.886. The van der Waals surface area contributed by atoms with Crippen molar-refractivity contribution in [1.82, 2.24) is 29.1 Å². The maximum atomic E-state index is 4.46. The van der Waals surface area contributed by atoms with Crippen LogP contribution in [0.15, 0.2) is 55.4 Å². The number of nitrogens with zero attached hydrogens (tertiary/aromatic N) is 4. The van der Waals surface area contributed by atoms with Gasteiger partial charge in [0.1, 0.15) is 17.7 Å². The summed E-state index contributed by atoms with van der Waals surface area (Å²) >= 11 is 0. The third-order valence-electron chi connectivity index (χ3n) is 3.51. The van der Waals surface area contributed by atoms with E-state index >= 15 is 0 Å². The lowest BCUT2D eigenvalue weighted by atomic mass is 10.2. The lowest BCUT2D eigenvalue weighted by molar-refractivity contribution is 1.01. The van der Waals surface area contributed by atoms with E-state index in [-0.39, 0.29) is 0 Å². The van der Waals surface area contributed by atoms with Crippen molar-refractivity contribution < 1.29 is 0 Å². The number of para-hydroxylation sites is 1. The number of aromatic amines is 2. The van der Waals surface area contributed by atoms with E-state index in [1.165, 1.54) is 0 Å². The third kappa shape index (κ3) is 1.88. The average molecular weight is 278 g/mol. The molecule has 0 bridgehead atoms. The molecule has 0 saturated heterocycles. The lowest BCUT2D eigenvalue weighted by Crippen LogP contribution is -1.98. The van der Waals surface area contributed by atoms with E-state index in [1.54, 1.807) is 12.7 Å². The molecule has 6 nitrogen and oxygen atoms in total. The van der Waals surface area contributed by atoms with Gasteiger partial charge in [-0.1, -0.05) is 18.2 Å². The zero-order valence-electron chi connectivity index (χ0n) is 11.5. The molecule has 2 aliphatic rings. The predicted octanol–water partition coefficient (Wildman–Crippen LogP) is 2.71. The molecule has 4 rings (SSSR count). The van der Waals surface area contributed by atoms with Gasteiger partial charge in [-0.2, -0.15) is 5.10 Å². The molecule has 0 aliphatic carbocycles. The molecule has 1 aromatic heterocycles. The molecule has 2 aromatic rings. The topological polar surface area (TPSA) is 66.7 Å². The molecule has 2 N–H and O–H groups in total. The standard InChI is InChI=1S/C15H14N6/c1-11-15-13(17-9-16-11)7-20(12-5-3-2-4-6-12)8-14-19-18-10-21(14)15/h2-10,19H,1H3,(H,16,17). The highest BCUT2D eigenvalue weighted by Crippen LogP contribution is 2.22. The second kappa shape index (κ2) is 4.52. The second-order valence-corrected chi connectivity index (χ2v) is 4.87. The molecule has 0 amide bonds. The minimum atomic E-state index is 0.886. The summed E-state index contributed by atoms with van der Waals surface area (Å²) < 4.78 is 4.04. The molecule has 3 heterocycles. The van der Waals surface area contributed by atoms with Gasteiger partial charge in [0.25, 0.3) is 0 Å². The molecule has 0 fully saturated rings. The van der Waals surface area contributed by atoms with Crippen LogP contribution in [0, 0.1) is 6.92 Å². The first-order valence-corrected chi connectivity index (χ1v) is 6.69. The Morgan fingerprint density at radius 2 is 1.95 bits per heavy atom. The van der Waals surface area contributed by atoms with E-state index in [4.69, 9.17) is 0 Å². The summed E-state index contributed by atoms with van der Waals surface area (Å²) in [6, 6.07) is 10.1. The highest BCUT2D eigenvalue weighted by Gasteiger charge is 2.11. The lowest BCUT2D eigenvalue weighted by Gasteiger charge is -2.07. The third-order valence-corrected chi connectivity index (χ3v) is 3.51. The highest BCUT2D eigenvalue weighted by molar-refractivity contribution is 5.61. The van der Waals surface area contributed by atoms with Crippen molar-refractivity contribution in [3.63, 3.8) is 0 Å². The van der Waals surface area contributed by atoms with Crippen LogP contribution in [-0.4, -0.2) is 29.1 Å². The van der Waals surface area contributed by atoms with Gasteiger partial charge < -0.3 is 9.55 Å². The van der Waals surface area contributed by atoms with Gasteiger partial charge in [-0.25, -0.2) is 4.98 Å². The fourth-order valence-corrected chi connectivity index (χ4v) is 2.51. The van der Waals surface area contributed by atoms with Crippen molar-refractivity contribution in [3.05, 3.63) is 61.1 Å². The Labute approximate surface area is 120 Å². The van der Waals surface area contributed by atoms with Gasteiger partial charge in [0.05, 0.1) is 18.2 Å². The Morgan fingerprint density at radius 3 is 2.81 bits per heavy atom. The quantitative estimate of drug-likeness (QED) is 0.562. The second-order valence-electron chi connectivity index (χ2n) is 4.87. The van der Waals surface area contributed by atoms with Gasteiger partial charge in [-0.05, 0) is 19.1 Å². The SMILES string of the molecule is Cc1[nH]cnc2cn(-c3ccccc3)cc3[nH]ncn3c1-2. The van der Waals surface area contributed by atoms with Gasteiger partial charge in [0, 0.05) is 17.6 Å². The number of rotatable bonds is 1. The smallest absolute Gasteiger partial charge is 0.149 e. The average Bonchev–Trinajstić information content (AvgIpc) is 2.89. The normalized spacial score (nSPS) is 11.1. The maximum Gasteiger partial charge on any atom is 0.149 e. The Hall–Kier alpha value is -3.02. The van der Waals surface area contributed by atoms with Crippen LogP contribution in [0.25, 0.3) is 22.7 Å². The molecule has 0 spiro atoms. The molecule has 1 aromatic carbocycles. The maximum absolute atomic E-state index is 4.46. The van der Waals surface area contributed by atoms with Gasteiger partial charge in [0.2, 0.25) is 0 Å². The molecular weight excluding hydrogens is 264 g/mol. The number of nitrogens with one attached hydrogen (secondary N) is 2. The Kier molecular flexibility index (Phi) is 2.53. The van der Waals surface area contributed by atoms with Crippen LogP contribution in [0.4, 0.5) is 0 Å². The minimum Gasteiger partial charge on any atom is -0.348 e. The van der Waals surface area contributed by atoms with Crippen molar-refractivity contribution in [3.8, 4) is 17.1 Å². The number of aromatic nitrogens is 6. The molecule has 2 aliphatic heterocycles. The van der Waals surface area contributed by atoms with Crippen LogP contribution in [0.1, 0.15) is 5.69 Å². The van der Waals surface area contributed by atoms with Crippen molar-refractivity contribution in [1.29, 1.82) is 0 Å². The van der Waals surface area contributed by atoms with E-state index in [1.807, 2.05) is 46.5 Å². The van der Waals surface area contributed by atoms with Crippen LogP contribution in [0.5, 0.6) is 0 Å². The van der Waals surface area contributed by atoms with Crippen LogP contribution >= 0.6 is 0 Å². The van der Waals surface area contributed by atoms with E-state index < -0.39 is 0 Å². The number of benzene rings is 1. The number of aryl methyl sites for hydroxylation is 1. The fourth-order valence-electron chi connectivity index (χ4n) is 2.51. The molecule has 104 valence electrons. The summed E-state index contributed by atoms with van der Waals surface area (Å²) in [6.07, 6.45) is 7.49. The summed E-state index contributed by atoms with van der Waals surface area (Å²) in [5, 5.41) is 7.16. The number of fused-ring (bicyclic) bond motifs is 3. The zero-order valence-corrected chi connectivity index (χ0v) is 11.5. The van der Waals surface area contributed by atoms with E-state index in [0.29, 0.717) is 0 Å². The Morgan fingerprint density at radius 1 is 1.10 bits per heavy atom. The number of hydrogen-bond acceptors (Lipinski definition) is 2. The molecule has 0 atom stereocenters. The van der Waals surface area contributed by atoms with Crippen LogP contribution in [0.3, 0.4) is 0 Å². The summed E-state index contributed by atoms with van der Waals surface area (Å²) in [4.78, 5) is 7.61. The van der Waals surface area contributed by atoms with Gasteiger partial charge in [-0.3, -0.25) is 9.50 Å². The van der Waals surface area contributed by atoms with E-state index in [2.05, 4.69) is 32.3 Å². The van der Waals surface area contributed by atoms with E-state index in [0.717, 1.165) is 28.4 Å². The van der Waals surface area contributed by atoms with Crippen LogP contribution in [-0.2, 0) is 0 Å². The molecular formula is C15H14N6. The van der Waals surface area contributed by atoms with Crippen molar-refractivity contribution >= 4 is 5.65 Å². The monoisotopic (exact) mass is 278 g/mol.